The van der Waals surface area contributed by atoms with E-state index in [1.807, 2.05) is 36.4 Å². The summed E-state index contributed by atoms with van der Waals surface area (Å²) >= 11 is 0. The number of imide groups is 1. The lowest BCUT2D eigenvalue weighted by Gasteiger charge is -2.31. The van der Waals surface area contributed by atoms with Crippen LogP contribution in [0.4, 0.5) is 0 Å². The Hall–Kier alpha value is -2.42. The second kappa shape index (κ2) is 7.06. The topological polar surface area (TPSA) is 37.4 Å². The summed E-state index contributed by atoms with van der Waals surface area (Å²) in [5.74, 6) is -0.476. The molecule has 0 saturated heterocycles. The molecule has 2 aromatic rings. The number of carbonyl (C=O) groups is 2. The van der Waals surface area contributed by atoms with Gasteiger partial charge in [0.15, 0.2) is 0 Å². The van der Waals surface area contributed by atoms with E-state index in [4.69, 9.17) is 0 Å². The number of carbonyl (C=O) groups excluding carboxylic acids is 2. The molecule has 2 atom stereocenters. The maximum absolute atomic E-state index is 13.2. The summed E-state index contributed by atoms with van der Waals surface area (Å²) in [6.45, 7) is 0. The molecule has 2 unspecified atom stereocenters. The third kappa shape index (κ3) is 2.96. The van der Waals surface area contributed by atoms with E-state index in [0.717, 1.165) is 49.7 Å². The van der Waals surface area contributed by atoms with Crippen LogP contribution in [0.3, 0.4) is 0 Å². The van der Waals surface area contributed by atoms with Crippen molar-refractivity contribution >= 4 is 11.8 Å². The first-order valence-electron chi connectivity index (χ1n) is 9.64. The van der Waals surface area contributed by atoms with Crippen molar-refractivity contribution in [2.75, 3.05) is 7.05 Å². The fourth-order valence-electron chi connectivity index (χ4n) is 4.60. The summed E-state index contributed by atoms with van der Waals surface area (Å²) in [5, 5.41) is 0. The van der Waals surface area contributed by atoms with E-state index in [0.29, 0.717) is 0 Å². The van der Waals surface area contributed by atoms with Gasteiger partial charge < -0.3 is 0 Å². The van der Waals surface area contributed by atoms with E-state index in [1.54, 1.807) is 7.05 Å². The van der Waals surface area contributed by atoms with Crippen LogP contribution in [0.15, 0.2) is 48.5 Å². The van der Waals surface area contributed by atoms with Gasteiger partial charge in [-0.2, -0.15) is 0 Å². The second-order valence-corrected chi connectivity index (χ2v) is 7.52. The minimum Gasteiger partial charge on any atom is -0.285 e. The molecule has 2 amide bonds. The summed E-state index contributed by atoms with van der Waals surface area (Å²) in [6.07, 6.45) is 5.70. The SMILES string of the molecule is CN(C(=O)C1CCCc2ccccc21)C(=O)C1CCCc2ccccc21. The molecule has 0 N–H and O–H groups in total. The van der Waals surface area contributed by atoms with Crippen LogP contribution < -0.4 is 0 Å². The van der Waals surface area contributed by atoms with E-state index in [2.05, 4.69) is 12.1 Å². The van der Waals surface area contributed by atoms with Gasteiger partial charge in [-0.1, -0.05) is 48.5 Å². The summed E-state index contributed by atoms with van der Waals surface area (Å²) < 4.78 is 0. The Kier molecular flexibility index (Phi) is 4.62. The normalized spacial score (nSPS) is 21.4. The molecule has 2 aliphatic carbocycles. The number of nitrogens with zero attached hydrogens (tertiary/aromatic N) is 1. The number of fused-ring (bicyclic) bond motifs is 2. The molecular weight excluding hydrogens is 322 g/mol. The Morgan fingerprint density at radius 1 is 0.769 bits per heavy atom. The average Bonchev–Trinajstić information content (AvgIpc) is 2.71. The van der Waals surface area contributed by atoms with Gasteiger partial charge in [-0.25, -0.2) is 0 Å². The van der Waals surface area contributed by atoms with E-state index >= 15 is 0 Å². The fourth-order valence-corrected chi connectivity index (χ4v) is 4.60. The molecule has 134 valence electrons. The highest BCUT2D eigenvalue weighted by molar-refractivity contribution is 6.01. The Bertz CT molecular complexity index is 772. The predicted molar refractivity (Wildman–Crippen MR) is 102 cm³/mol. The Balaban J connectivity index is 1.58. The zero-order valence-electron chi connectivity index (χ0n) is 15.3. The number of likely N-dealkylation sites (N-methyl/N-ethyl adjacent to an activating group) is 1. The molecule has 0 bridgehead atoms. The number of benzene rings is 2. The molecule has 3 heteroatoms. The van der Waals surface area contributed by atoms with Crippen LogP contribution in [-0.2, 0) is 22.4 Å². The number of amides is 2. The third-order valence-corrected chi connectivity index (χ3v) is 6.00. The van der Waals surface area contributed by atoms with Crippen LogP contribution in [0.5, 0.6) is 0 Å². The van der Waals surface area contributed by atoms with Crippen LogP contribution in [0, 0.1) is 0 Å². The van der Waals surface area contributed by atoms with Crippen molar-refractivity contribution in [2.45, 2.75) is 50.4 Å². The highest BCUT2D eigenvalue weighted by Gasteiger charge is 2.35. The number of aryl methyl sites for hydroxylation is 2. The molecule has 3 nitrogen and oxygen atoms in total. The largest absolute Gasteiger partial charge is 0.285 e. The lowest BCUT2D eigenvalue weighted by Crippen LogP contribution is -2.41. The average molecular weight is 347 g/mol. The Labute approximate surface area is 155 Å². The zero-order chi connectivity index (χ0) is 18.1. The van der Waals surface area contributed by atoms with Gasteiger partial charge in [0.25, 0.3) is 0 Å². The monoisotopic (exact) mass is 347 g/mol. The summed E-state index contributed by atoms with van der Waals surface area (Å²) in [6, 6.07) is 16.3. The molecule has 0 heterocycles. The minimum atomic E-state index is -0.187. The molecule has 4 rings (SSSR count). The number of rotatable bonds is 2. The van der Waals surface area contributed by atoms with Crippen LogP contribution in [0.1, 0.15) is 59.8 Å². The van der Waals surface area contributed by atoms with Gasteiger partial charge in [0.2, 0.25) is 11.8 Å². The highest BCUT2D eigenvalue weighted by Crippen LogP contribution is 2.36. The van der Waals surface area contributed by atoms with Crippen molar-refractivity contribution in [3.8, 4) is 0 Å². The van der Waals surface area contributed by atoms with E-state index < -0.39 is 0 Å². The first-order chi connectivity index (χ1) is 12.7. The zero-order valence-corrected chi connectivity index (χ0v) is 15.3. The maximum Gasteiger partial charge on any atom is 0.236 e. The van der Waals surface area contributed by atoms with Crippen molar-refractivity contribution < 1.29 is 9.59 Å². The quantitative estimate of drug-likeness (QED) is 0.763. The van der Waals surface area contributed by atoms with Crippen molar-refractivity contribution in [1.82, 2.24) is 4.90 Å². The van der Waals surface area contributed by atoms with Crippen LogP contribution in [0.2, 0.25) is 0 Å². The molecule has 0 fully saturated rings. The lowest BCUT2D eigenvalue weighted by molar-refractivity contribution is -0.145. The number of hydrogen-bond donors (Lipinski definition) is 0. The molecule has 0 aliphatic heterocycles. The van der Waals surface area contributed by atoms with Crippen molar-refractivity contribution in [1.29, 1.82) is 0 Å². The smallest absolute Gasteiger partial charge is 0.236 e. The minimum absolute atomic E-state index is 0.0507. The Morgan fingerprint density at radius 3 is 1.65 bits per heavy atom. The molecule has 0 spiro atoms. The van der Waals surface area contributed by atoms with Gasteiger partial charge in [-0.3, -0.25) is 14.5 Å². The molecule has 2 aromatic carbocycles. The molecule has 0 saturated carbocycles. The predicted octanol–water partition coefficient (Wildman–Crippen LogP) is 4.21. The summed E-state index contributed by atoms with van der Waals surface area (Å²) in [7, 11) is 1.67. The first-order valence-corrected chi connectivity index (χ1v) is 9.64. The molecule has 26 heavy (non-hydrogen) atoms. The van der Waals surface area contributed by atoms with Crippen LogP contribution >= 0.6 is 0 Å². The molecule has 0 aromatic heterocycles. The third-order valence-electron chi connectivity index (χ3n) is 6.00. The summed E-state index contributed by atoms with van der Waals surface area (Å²) in [5.41, 5.74) is 4.71. The van der Waals surface area contributed by atoms with Crippen LogP contribution in [0.25, 0.3) is 0 Å². The Morgan fingerprint density at radius 2 is 1.19 bits per heavy atom. The standard InChI is InChI=1S/C23H25NO2/c1-24(22(25)20-14-6-10-16-8-2-4-12-18(16)20)23(26)21-15-7-11-17-9-3-5-13-19(17)21/h2-5,8-9,12-13,20-21H,6-7,10-11,14-15H2,1H3. The van der Waals surface area contributed by atoms with Gasteiger partial charge in [0, 0.05) is 7.05 Å². The van der Waals surface area contributed by atoms with Crippen molar-refractivity contribution in [3.63, 3.8) is 0 Å². The van der Waals surface area contributed by atoms with Crippen molar-refractivity contribution in [3.05, 3.63) is 70.8 Å². The van der Waals surface area contributed by atoms with Crippen LogP contribution in [-0.4, -0.2) is 23.8 Å². The second-order valence-electron chi connectivity index (χ2n) is 7.52. The van der Waals surface area contributed by atoms with Gasteiger partial charge in [0.05, 0.1) is 11.8 Å². The first kappa shape index (κ1) is 17.0. The van der Waals surface area contributed by atoms with Gasteiger partial charge in [-0.05, 0) is 60.8 Å². The van der Waals surface area contributed by atoms with Gasteiger partial charge in [-0.15, -0.1) is 0 Å². The van der Waals surface area contributed by atoms with E-state index in [-0.39, 0.29) is 23.7 Å². The highest BCUT2D eigenvalue weighted by atomic mass is 16.2. The molecular formula is C23H25NO2. The number of hydrogen-bond acceptors (Lipinski definition) is 2. The summed E-state index contributed by atoms with van der Waals surface area (Å²) in [4.78, 5) is 27.7. The van der Waals surface area contributed by atoms with E-state index in [9.17, 15) is 9.59 Å². The molecule has 2 aliphatic rings. The maximum atomic E-state index is 13.2. The fraction of sp³-hybridized carbons (Fsp3) is 0.391. The van der Waals surface area contributed by atoms with Crippen molar-refractivity contribution in [2.24, 2.45) is 0 Å². The molecule has 0 radical (unpaired) electrons. The van der Waals surface area contributed by atoms with Gasteiger partial charge in [0.1, 0.15) is 0 Å². The van der Waals surface area contributed by atoms with E-state index in [1.165, 1.54) is 16.0 Å². The lowest BCUT2D eigenvalue weighted by atomic mass is 9.80. The van der Waals surface area contributed by atoms with Gasteiger partial charge >= 0.3 is 0 Å².